The van der Waals surface area contributed by atoms with Crippen molar-refractivity contribution in [2.24, 2.45) is 0 Å². The van der Waals surface area contributed by atoms with E-state index < -0.39 is 0 Å². The Morgan fingerprint density at radius 3 is 2.70 bits per heavy atom. The maximum Gasteiger partial charge on any atom is 0.305 e. The van der Waals surface area contributed by atoms with Gasteiger partial charge >= 0.3 is 5.97 Å². The molecule has 0 saturated carbocycles. The van der Waals surface area contributed by atoms with E-state index in [1.54, 1.807) is 11.3 Å². The molecule has 0 unspecified atom stereocenters. The molecule has 5 nitrogen and oxygen atoms in total. The summed E-state index contributed by atoms with van der Waals surface area (Å²) in [5, 5.41) is 4.01. The molecule has 0 bridgehead atoms. The molecule has 0 atom stereocenters. The molecule has 0 saturated heterocycles. The van der Waals surface area contributed by atoms with Crippen LogP contribution in [0.5, 0.6) is 10.9 Å². The van der Waals surface area contributed by atoms with Crippen LogP contribution in [-0.2, 0) is 16.0 Å². The Hall–Kier alpha value is -2.44. The van der Waals surface area contributed by atoms with Gasteiger partial charge in [0, 0.05) is 6.42 Å². The lowest BCUT2D eigenvalue weighted by molar-refractivity contribution is -0.143. The van der Waals surface area contributed by atoms with Crippen molar-refractivity contribution < 1.29 is 14.3 Å². The number of aromatic nitrogens is 1. The van der Waals surface area contributed by atoms with Crippen molar-refractivity contribution >= 4 is 27.5 Å². The third kappa shape index (κ3) is 6.05. The molecule has 0 spiro atoms. The molecular formula is C21H24N2O3S. The van der Waals surface area contributed by atoms with Gasteiger partial charge in [-0.3, -0.25) is 4.79 Å². The molecule has 0 aliphatic heterocycles. The first-order valence-corrected chi connectivity index (χ1v) is 10.0. The quantitative estimate of drug-likeness (QED) is 0.410. The van der Waals surface area contributed by atoms with Gasteiger partial charge < -0.3 is 14.8 Å². The molecule has 142 valence electrons. The number of carbonyl (C=O) groups excluding carboxylic acids is 1. The number of hydrogen-bond donors (Lipinski definition) is 1. The molecule has 6 heteroatoms. The molecule has 0 aliphatic rings. The van der Waals surface area contributed by atoms with Crippen molar-refractivity contribution in [1.29, 1.82) is 0 Å². The second-order valence-electron chi connectivity index (χ2n) is 6.10. The zero-order valence-electron chi connectivity index (χ0n) is 15.4. The molecule has 1 aromatic heterocycles. The molecule has 0 amide bonds. The van der Waals surface area contributed by atoms with Crippen LogP contribution in [0.15, 0.2) is 48.5 Å². The number of thiazole rings is 1. The zero-order valence-corrected chi connectivity index (χ0v) is 16.3. The Morgan fingerprint density at radius 2 is 1.93 bits per heavy atom. The molecular weight excluding hydrogens is 360 g/mol. The van der Waals surface area contributed by atoms with E-state index in [-0.39, 0.29) is 5.97 Å². The van der Waals surface area contributed by atoms with Crippen molar-refractivity contribution in [2.75, 3.05) is 19.7 Å². The first-order chi connectivity index (χ1) is 13.2. The van der Waals surface area contributed by atoms with E-state index in [0.717, 1.165) is 41.9 Å². The van der Waals surface area contributed by atoms with Gasteiger partial charge in [-0.25, -0.2) is 4.98 Å². The van der Waals surface area contributed by atoms with E-state index in [0.29, 0.717) is 18.2 Å². The smallest absolute Gasteiger partial charge is 0.305 e. The predicted molar refractivity (Wildman–Crippen MR) is 109 cm³/mol. The van der Waals surface area contributed by atoms with E-state index in [9.17, 15) is 4.79 Å². The van der Waals surface area contributed by atoms with Crippen LogP contribution in [0.2, 0.25) is 0 Å². The van der Waals surface area contributed by atoms with Crippen molar-refractivity contribution in [3.63, 3.8) is 0 Å². The molecule has 0 fully saturated rings. The van der Waals surface area contributed by atoms with E-state index >= 15 is 0 Å². The summed E-state index contributed by atoms with van der Waals surface area (Å²) in [6.07, 6.45) is 2.20. The summed E-state index contributed by atoms with van der Waals surface area (Å²) >= 11 is 1.55. The van der Waals surface area contributed by atoms with Gasteiger partial charge in [0.1, 0.15) is 5.75 Å². The lowest BCUT2D eigenvalue weighted by Crippen LogP contribution is -2.19. The van der Waals surface area contributed by atoms with Gasteiger partial charge in [-0.15, -0.1) is 0 Å². The van der Waals surface area contributed by atoms with Crippen LogP contribution >= 0.6 is 11.3 Å². The van der Waals surface area contributed by atoms with Crippen LogP contribution in [0.25, 0.3) is 10.2 Å². The second kappa shape index (κ2) is 10.0. The van der Waals surface area contributed by atoms with Gasteiger partial charge in [0.25, 0.3) is 5.19 Å². The SMILES string of the molecule is CCOC(=O)CCCNCCc1ccc(Oc2nc3ccccc3s2)cc1. The minimum absolute atomic E-state index is 0.122. The van der Waals surface area contributed by atoms with E-state index in [4.69, 9.17) is 9.47 Å². The number of hydrogen-bond acceptors (Lipinski definition) is 6. The summed E-state index contributed by atoms with van der Waals surface area (Å²) in [5.41, 5.74) is 2.20. The second-order valence-corrected chi connectivity index (χ2v) is 7.10. The number of ether oxygens (including phenoxy) is 2. The summed E-state index contributed by atoms with van der Waals surface area (Å²) < 4.78 is 11.9. The lowest BCUT2D eigenvalue weighted by Gasteiger charge is -2.06. The molecule has 2 aromatic carbocycles. The van der Waals surface area contributed by atoms with Crippen LogP contribution in [0, 0.1) is 0 Å². The third-order valence-corrected chi connectivity index (χ3v) is 4.95. The lowest BCUT2D eigenvalue weighted by atomic mass is 10.1. The predicted octanol–water partition coefficient (Wildman–Crippen LogP) is 4.56. The van der Waals surface area contributed by atoms with Crippen LogP contribution in [0.3, 0.4) is 0 Å². The van der Waals surface area contributed by atoms with Crippen LogP contribution in [0.1, 0.15) is 25.3 Å². The highest BCUT2D eigenvalue weighted by atomic mass is 32.1. The number of fused-ring (bicyclic) bond motifs is 1. The Balaban J connectivity index is 1.39. The molecule has 0 aliphatic carbocycles. The monoisotopic (exact) mass is 384 g/mol. The van der Waals surface area contributed by atoms with Gasteiger partial charge in [-0.1, -0.05) is 35.6 Å². The summed E-state index contributed by atoms with van der Waals surface area (Å²) in [7, 11) is 0. The number of benzene rings is 2. The minimum atomic E-state index is -0.122. The summed E-state index contributed by atoms with van der Waals surface area (Å²) in [4.78, 5) is 15.7. The molecule has 3 aromatic rings. The van der Waals surface area contributed by atoms with Crippen molar-refractivity contribution in [3.05, 3.63) is 54.1 Å². The maximum atomic E-state index is 11.2. The van der Waals surface area contributed by atoms with Crippen molar-refractivity contribution in [3.8, 4) is 10.9 Å². The van der Waals surface area contributed by atoms with Gasteiger partial charge in [0.15, 0.2) is 0 Å². The van der Waals surface area contributed by atoms with Crippen molar-refractivity contribution in [2.45, 2.75) is 26.2 Å². The number of esters is 1. The molecule has 1 heterocycles. The minimum Gasteiger partial charge on any atom is -0.466 e. The fraction of sp³-hybridized carbons (Fsp3) is 0.333. The standard InChI is InChI=1S/C21H24N2O3S/c1-2-25-20(24)8-5-14-22-15-13-16-9-11-17(12-10-16)26-21-23-18-6-3-4-7-19(18)27-21/h3-4,6-7,9-12,22H,2,5,8,13-15H2,1H3. The summed E-state index contributed by atoms with van der Waals surface area (Å²) in [6, 6.07) is 16.1. The van der Waals surface area contributed by atoms with Crippen LogP contribution in [0.4, 0.5) is 0 Å². The molecule has 3 rings (SSSR count). The van der Waals surface area contributed by atoms with E-state index in [1.807, 2.05) is 43.3 Å². The normalized spacial score (nSPS) is 10.9. The first kappa shape index (κ1) is 19.3. The highest BCUT2D eigenvalue weighted by molar-refractivity contribution is 7.20. The van der Waals surface area contributed by atoms with Crippen LogP contribution < -0.4 is 10.1 Å². The highest BCUT2D eigenvalue weighted by Gasteiger charge is 2.05. The molecule has 1 N–H and O–H groups in total. The van der Waals surface area contributed by atoms with E-state index in [1.165, 1.54) is 5.56 Å². The summed E-state index contributed by atoms with van der Waals surface area (Å²) in [5.74, 6) is 0.670. The average Bonchev–Trinajstić information content (AvgIpc) is 3.08. The Bertz CT molecular complexity index is 828. The van der Waals surface area contributed by atoms with Gasteiger partial charge in [0.2, 0.25) is 0 Å². The Labute approximate surface area is 163 Å². The average molecular weight is 385 g/mol. The summed E-state index contributed by atoms with van der Waals surface area (Å²) in [6.45, 7) is 3.97. The number of rotatable bonds is 10. The number of carbonyl (C=O) groups is 1. The van der Waals surface area contributed by atoms with E-state index in [2.05, 4.69) is 22.4 Å². The van der Waals surface area contributed by atoms with Gasteiger partial charge in [-0.2, -0.15) is 0 Å². The Kier molecular flexibility index (Phi) is 7.19. The topological polar surface area (TPSA) is 60.5 Å². The highest BCUT2D eigenvalue weighted by Crippen LogP contribution is 2.31. The fourth-order valence-corrected chi connectivity index (χ4v) is 3.50. The largest absolute Gasteiger partial charge is 0.466 e. The number of nitrogens with zero attached hydrogens (tertiary/aromatic N) is 1. The first-order valence-electron chi connectivity index (χ1n) is 9.23. The van der Waals surface area contributed by atoms with Gasteiger partial charge in [0.05, 0.1) is 16.8 Å². The van der Waals surface area contributed by atoms with Crippen molar-refractivity contribution in [1.82, 2.24) is 10.3 Å². The molecule has 0 radical (unpaired) electrons. The molecule has 27 heavy (non-hydrogen) atoms. The van der Waals surface area contributed by atoms with Gasteiger partial charge in [-0.05, 0) is 62.7 Å². The third-order valence-electron chi connectivity index (χ3n) is 4.03. The Morgan fingerprint density at radius 1 is 1.11 bits per heavy atom. The maximum absolute atomic E-state index is 11.2. The fourth-order valence-electron chi connectivity index (χ4n) is 2.67. The number of para-hydroxylation sites is 1. The number of nitrogens with one attached hydrogen (secondary N) is 1. The van der Waals surface area contributed by atoms with Crippen LogP contribution in [-0.4, -0.2) is 30.6 Å². The zero-order chi connectivity index (χ0) is 18.9.